The van der Waals surface area contributed by atoms with Gasteiger partial charge >= 0.3 is 0 Å². The van der Waals surface area contributed by atoms with Crippen LogP contribution in [0.4, 0.5) is 17.3 Å². The standard InChI is InChI=1S/C31H45N9O.CH3NO2/c1-25(21-32-2)22-34-24-37(4)15-16-38(5)30-28(33-3)31(40-17-19-41-20-18-40)36-29(35-30)27-11-9-26(10-12-27)23-39-13-7-6-8-14-39;3-1-2-4/h9-12,21-22H,2-3,6-8,13-20,23-24H2,1,4-5H3;1,4H,(H,2,3)/b25-21-,34-22-;. The SMILES string of the molecule is C=N/C=C(C)\C=N/CN(C)CCN(C)c1nc(-c2ccc(CN3CCCCC3)cc2)nc(N2CCOCC2)c1N=C.O=CNO. The summed E-state index contributed by atoms with van der Waals surface area (Å²) in [6.07, 6.45) is 7.63. The first-order valence-corrected chi connectivity index (χ1v) is 15.3. The molecule has 45 heavy (non-hydrogen) atoms. The van der Waals surface area contributed by atoms with Crippen LogP contribution in [0.5, 0.6) is 0 Å². The molecule has 0 spiro atoms. The van der Waals surface area contributed by atoms with Gasteiger partial charge in [0.1, 0.15) is 5.69 Å². The molecular weight excluding hydrogens is 572 g/mol. The maximum atomic E-state index is 8.81. The summed E-state index contributed by atoms with van der Waals surface area (Å²) in [5.41, 5.74) is 5.24. The lowest BCUT2D eigenvalue weighted by atomic mass is 10.1. The minimum atomic E-state index is 0.181. The topological polar surface area (TPSA) is 134 Å². The number of anilines is 2. The summed E-state index contributed by atoms with van der Waals surface area (Å²) >= 11 is 0. The number of nitrogens with one attached hydrogen (secondary N) is 1. The van der Waals surface area contributed by atoms with Crippen molar-refractivity contribution in [2.45, 2.75) is 32.7 Å². The molecule has 0 atom stereocenters. The zero-order valence-corrected chi connectivity index (χ0v) is 26.9. The zero-order chi connectivity index (χ0) is 32.4. The average molecular weight is 621 g/mol. The summed E-state index contributed by atoms with van der Waals surface area (Å²) in [6.45, 7) is 17.7. The molecule has 0 bridgehead atoms. The highest BCUT2D eigenvalue weighted by Gasteiger charge is 2.23. The van der Waals surface area contributed by atoms with Crippen LogP contribution in [-0.2, 0) is 16.1 Å². The first-order chi connectivity index (χ1) is 21.9. The minimum absolute atomic E-state index is 0.181. The molecule has 0 unspecified atom stereocenters. The first-order valence-electron chi connectivity index (χ1n) is 15.3. The highest BCUT2D eigenvalue weighted by molar-refractivity contribution is 5.80. The van der Waals surface area contributed by atoms with Gasteiger partial charge in [0, 0.05) is 57.7 Å². The molecule has 1 amide bonds. The van der Waals surface area contributed by atoms with E-state index in [1.807, 2.05) is 20.2 Å². The van der Waals surface area contributed by atoms with Gasteiger partial charge in [0.15, 0.2) is 17.5 Å². The molecule has 1 aromatic carbocycles. The average Bonchev–Trinajstić information content (AvgIpc) is 3.08. The number of hydroxylamine groups is 1. The minimum Gasteiger partial charge on any atom is -0.378 e. The van der Waals surface area contributed by atoms with Crippen LogP contribution >= 0.6 is 0 Å². The Morgan fingerprint density at radius 1 is 1.07 bits per heavy atom. The number of aliphatic imine (C=N–C) groups is 3. The Bertz CT molecular complexity index is 1270. The molecule has 0 radical (unpaired) electrons. The van der Waals surface area contributed by atoms with Gasteiger partial charge in [-0.3, -0.25) is 34.8 Å². The Morgan fingerprint density at radius 3 is 2.38 bits per heavy atom. The summed E-state index contributed by atoms with van der Waals surface area (Å²) in [5.74, 6) is 2.28. The number of carbonyl (C=O) groups excluding carboxylic acids is 1. The second-order valence-electron chi connectivity index (χ2n) is 11.1. The predicted molar refractivity (Wildman–Crippen MR) is 182 cm³/mol. The number of likely N-dealkylation sites (N-methyl/N-ethyl adjacent to an activating group) is 2. The molecule has 2 aliphatic rings. The molecule has 2 saturated heterocycles. The van der Waals surface area contributed by atoms with Crippen LogP contribution in [0.25, 0.3) is 11.4 Å². The van der Waals surface area contributed by atoms with Crippen molar-refractivity contribution in [3.63, 3.8) is 0 Å². The molecule has 0 aliphatic carbocycles. The lowest BCUT2D eigenvalue weighted by Gasteiger charge is -2.31. The van der Waals surface area contributed by atoms with Gasteiger partial charge in [-0.25, -0.2) is 15.4 Å². The molecule has 244 valence electrons. The van der Waals surface area contributed by atoms with Crippen molar-refractivity contribution >= 4 is 43.4 Å². The Balaban J connectivity index is 0.00000130. The Labute approximate surface area is 267 Å². The molecule has 3 heterocycles. The third kappa shape index (κ3) is 11.4. The number of benzene rings is 1. The second kappa shape index (κ2) is 19.4. The van der Waals surface area contributed by atoms with E-state index in [4.69, 9.17) is 24.7 Å². The van der Waals surface area contributed by atoms with Crippen molar-refractivity contribution in [1.29, 1.82) is 0 Å². The van der Waals surface area contributed by atoms with E-state index in [1.54, 1.807) is 6.20 Å². The van der Waals surface area contributed by atoms with Gasteiger partial charge in [-0.05, 0) is 64.5 Å². The van der Waals surface area contributed by atoms with Crippen LogP contribution in [-0.4, -0.2) is 124 Å². The van der Waals surface area contributed by atoms with E-state index >= 15 is 0 Å². The van der Waals surface area contributed by atoms with Gasteiger partial charge in [0.2, 0.25) is 6.41 Å². The lowest BCUT2D eigenvalue weighted by Crippen LogP contribution is -2.37. The quantitative estimate of drug-likeness (QED) is 0.141. The van der Waals surface area contributed by atoms with Crippen LogP contribution < -0.4 is 15.3 Å². The Morgan fingerprint density at radius 2 is 1.76 bits per heavy atom. The number of piperidine rings is 1. The summed E-state index contributed by atoms with van der Waals surface area (Å²) in [5, 5.41) is 7.26. The Hall–Kier alpha value is -4.04. The molecule has 2 aliphatic heterocycles. The summed E-state index contributed by atoms with van der Waals surface area (Å²) in [7, 11) is 4.10. The lowest BCUT2D eigenvalue weighted by molar-refractivity contribution is -0.116. The first kappa shape index (κ1) is 35.4. The van der Waals surface area contributed by atoms with E-state index in [0.29, 0.717) is 31.4 Å². The summed E-state index contributed by atoms with van der Waals surface area (Å²) in [4.78, 5) is 40.7. The van der Waals surface area contributed by atoms with Crippen LogP contribution in [0.1, 0.15) is 31.7 Å². The van der Waals surface area contributed by atoms with Gasteiger partial charge in [-0.2, -0.15) is 0 Å². The van der Waals surface area contributed by atoms with Crippen LogP contribution in [0.2, 0.25) is 0 Å². The predicted octanol–water partition coefficient (Wildman–Crippen LogP) is 3.42. The summed E-state index contributed by atoms with van der Waals surface area (Å²) in [6, 6.07) is 8.71. The number of hydrogen-bond acceptors (Lipinski definition) is 12. The van der Waals surface area contributed by atoms with E-state index in [0.717, 1.165) is 55.5 Å². The molecule has 2 N–H and O–H groups in total. The van der Waals surface area contributed by atoms with Gasteiger partial charge in [-0.1, -0.05) is 30.7 Å². The number of morpholine rings is 1. The number of allylic oxidation sites excluding steroid dienone is 1. The third-order valence-electron chi connectivity index (χ3n) is 7.53. The zero-order valence-electron chi connectivity index (χ0n) is 26.9. The van der Waals surface area contributed by atoms with Gasteiger partial charge in [0.25, 0.3) is 0 Å². The fourth-order valence-corrected chi connectivity index (χ4v) is 5.10. The largest absolute Gasteiger partial charge is 0.378 e. The van der Waals surface area contributed by atoms with E-state index in [-0.39, 0.29) is 6.41 Å². The van der Waals surface area contributed by atoms with Crippen LogP contribution in [0.3, 0.4) is 0 Å². The summed E-state index contributed by atoms with van der Waals surface area (Å²) < 4.78 is 5.61. The number of nitrogens with zero attached hydrogens (tertiary/aromatic N) is 9. The van der Waals surface area contributed by atoms with E-state index in [2.05, 4.69) is 79.3 Å². The maximum Gasteiger partial charge on any atom is 0.230 e. The highest BCUT2D eigenvalue weighted by Crippen LogP contribution is 2.37. The fraction of sp³-hybridized carbons (Fsp3) is 0.500. The van der Waals surface area contributed by atoms with Crippen LogP contribution in [0, 0.1) is 0 Å². The molecule has 13 heteroatoms. The monoisotopic (exact) mass is 620 g/mol. The van der Waals surface area contributed by atoms with Crippen LogP contribution in [0.15, 0.2) is 51.0 Å². The third-order valence-corrected chi connectivity index (χ3v) is 7.53. The number of ether oxygens (including phenoxy) is 1. The molecule has 13 nitrogen and oxygen atoms in total. The number of aromatic nitrogens is 2. The van der Waals surface area contributed by atoms with E-state index in [1.165, 1.54) is 43.4 Å². The van der Waals surface area contributed by atoms with Crippen molar-refractivity contribution in [1.82, 2.24) is 25.2 Å². The van der Waals surface area contributed by atoms with Gasteiger partial charge in [0.05, 0.1) is 19.9 Å². The number of amides is 1. The van der Waals surface area contributed by atoms with Gasteiger partial charge in [-0.15, -0.1) is 0 Å². The van der Waals surface area contributed by atoms with Crippen molar-refractivity contribution in [2.75, 3.05) is 83.0 Å². The molecule has 2 aromatic rings. The molecule has 1 aromatic heterocycles. The number of hydrogen-bond donors (Lipinski definition) is 2. The molecule has 2 fully saturated rings. The number of likely N-dealkylation sites (tertiary alicyclic amines) is 1. The van der Waals surface area contributed by atoms with E-state index in [9.17, 15) is 0 Å². The Kier molecular flexibility index (Phi) is 15.3. The normalized spacial score (nSPS) is 15.8. The second-order valence-corrected chi connectivity index (χ2v) is 11.1. The van der Waals surface area contributed by atoms with Crippen molar-refractivity contribution < 1.29 is 14.7 Å². The van der Waals surface area contributed by atoms with Crippen molar-refractivity contribution in [3.05, 3.63) is 41.6 Å². The number of carbonyl (C=O) groups is 1. The van der Waals surface area contributed by atoms with E-state index < -0.39 is 0 Å². The van der Waals surface area contributed by atoms with Crippen molar-refractivity contribution in [2.24, 2.45) is 15.0 Å². The van der Waals surface area contributed by atoms with Crippen molar-refractivity contribution in [3.8, 4) is 11.4 Å². The maximum absolute atomic E-state index is 8.81. The molecular formula is C32H48N10O3. The number of rotatable bonds is 14. The molecule has 0 saturated carbocycles. The highest BCUT2D eigenvalue weighted by atomic mass is 16.5. The fourth-order valence-electron chi connectivity index (χ4n) is 5.10. The van der Waals surface area contributed by atoms with Gasteiger partial charge < -0.3 is 14.5 Å². The molecule has 4 rings (SSSR count). The smallest absolute Gasteiger partial charge is 0.230 e.